The van der Waals surface area contributed by atoms with Gasteiger partial charge in [0.05, 0.1) is 24.4 Å². The highest BCUT2D eigenvalue weighted by Gasteiger charge is 2.29. The molecule has 0 radical (unpaired) electrons. The first-order chi connectivity index (χ1) is 16.1. The molecule has 3 atom stereocenters. The van der Waals surface area contributed by atoms with E-state index in [0.29, 0.717) is 35.6 Å². The maximum atomic E-state index is 11.5. The number of hydrogen-bond acceptors (Lipinski definition) is 9. The molecule has 1 aromatic rings. The van der Waals surface area contributed by atoms with E-state index in [1.807, 2.05) is 47.6 Å². The van der Waals surface area contributed by atoms with Crippen molar-refractivity contribution in [3.05, 3.63) is 17.5 Å². The highest BCUT2D eigenvalue weighted by molar-refractivity contribution is 8.23. The number of nitrogens with zero attached hydrogens (tertiary/aromatic N) is 6. The molecule has 194 valence electrons. The molecule has 0 aromatic carbocycles. The first-order valence-electron chi connectivity index (χ1n) is 11.8. The summed E-state index contributed by atoms with van der Waals surface area (Å²) in [7, 11) is 0. The van der Waals surface area contributed by atoms with Crippen LogP contribution in [0.25, 0.3) is 0 Å². The lowest BCUT2D eigenvalue weighted by atomic mass is 9.92. The predicted octanol–water partition coefficient (Wildman–Crippen LogP) is 6.41. The number of hydrogen-bond donors (Lipinski definition) is 0. The summed E-state index contributed by atoms with van der Waals surface area (Å²) >= 11 is 6.54. The number of thiocarbonyl (C=S) groups is 1. The maximum Gasteiger partial charge on any atom is 0.319 e. The van der Waals surface area contributed by atoms with Crippen LogP contribution in [-0.4, -0.2) is 43.0 Å². The molecule has 35 heavy (non-hydrogen) atoms. The van der Waals surface area contributed by atoms with Crippen molar-refractivity contribution in [3.8, 4) is 12.1 Å². The van der Waals surface area contributed by atoms with Crippen LogP contribution in [0.2, 0.25) is 0 Å². The molecular formula is C25H40N6O2S2. The van der Waals surface area contributed by atoms with E-state index in [2.05, 4.69) is 27.5 Å². The predicted molar refractivity (Wildman–Crippen MR) is 145 cm³/mol. The molecule has 0 fully saturated rings. The number of rotatable bonds is 9. The van der Waals surface area contributed by atoms with Gasteiger partial charge in [0.25, 0.3) is 0 Å². The van der Waals surface area contributed by atoms with Crippen LogP contribution >= 0.6 is 24.0 Å². The van der Waals surface area contributed by atoms with Crippen LogP contribution in [0.4, 0.5) is 0 Å². The molecule has 8 nitrogen and oxygen atoms in total. The Morgan fingerprint density at radius 3 is 1.89 bits per heavy atom. The van der Waals surface area contributed by atoms with E-state index in [1.54, 1.807) is 32.4 Å². The topological polar surface area (TPSA) is 116 Å². The first kappa shape index (κ1) is 32.7. The van der Waals surface area contributed by atoms with Crippen molar-refractivity contribution in [2.24, 2.45) is 22.1 Å². The number of nitriles is 2. The van der Waals surface area contributed by atoms with Crippen molar-refractivity contribution in [1.82, 2.24) is 9.78 Å². The Morgan fingerprint density at radius 2 is 1.57 bits per heavy atom. The fourth-order valence-electron chi connectivity index (χ4n) is 3.35. The van der Waals surface area contributed by atoms with Crippen molar-refractivity contribution >= 4 is 34.3 Å². The van der Waals surface area contributed by atoms with Crippen molar-refractivity contribution in [2.45, 2.75) is 98.4 Å². The molecule has 1 rings (SSSR count). The van der Waals surface area contributed by atoms with Gasteiger partial charge in [0.15, 0.2) is 15.4 Å². The van der Waals surface area contributed by atoms with E-state index < -0.39 is 11.1 Å². The third-order valence-corrected chi connectivity index (χ3v) is 6.05. The van der Waals surface area contributed by atoms with Gasteiger partial charge in [0, 0.05) is 5.69 Å². The zero-order chi connectivity index (χ0) is 27.4. The number of thioether (sulfide) groups is 1. The van der Waals surface area contributed by atoms with Gasteiger partial charge in [0.1, 0.15) is 5.25 Å². The lowest BCUT2D eigenvalue weighted by molar-refractivity contribution is -0.142. The molecule has 10 heteroatoms. The summed E-state index contributed by atoms with van der Waals surface area (Å²) in [4.78, 5) is 11.5. The molecule has 0 spiro atoms. The van der Waals surface area contributed by atoms with Crippen LogP contribution in [0.3, 0.4) is 0 Å². The molecule has 0 aliphatic heterocycles. The van der Waals surface area contributed by atoms with Crippen molar-refractivity contribution < 1.29 is 9.53 Å². The average Bonchev–Trinajstić information content (AvgIpc) is 3.10. The summed E-state index contributed by atoms with van der Waals surface area (Å²) in [6.45, 7) is 19.5. The monoisotopic (exact) mass is 520 g/mol. The summed E-state index contributed by atoms with van der Waals surface area (Å²) < 4.78 is 7.16. The normalized spacial score (nSPS) is 15.4. The zero-order valence-electron chi connectivity index (χ0n) is 22.7. The summed E-state index contributed by atoms with van der Waals surface area (Å²) in [5, 5.41) is 30.7. The van der Waals surface area contributed by atoms with Crippen LogP contribution in [0.15, 0.2) is 16.3 Å². The van der Waals surface area contributed by atoms with Gasteiger partial charge >= 0.3 is 5.97 Å². The molecule has 3 unspecified atom stereocenters. The summed E-state index contributed by atoms with van der Waals surface area (Å²) in [5.74, 6) is 0.487. The quantitative estimate of drug-likeness (QED) is 0.210. The highest BCUT2D eigenvalue weighted by Crippen LogP contribution is 2.26. The van der Waals surface area contributed by atoms with Gasteiger partial charge in [-0.25, -0.2) is 4.68 Å². The standard InChI is InChI=1S/C14H24N4.C11H16N2O2S2/c1-11(2)7-13(5,9-15)17-18-14(6,10-16)8-12(3)4;1-5-15-10(14)9(4)17-11(16)13-8(3)6-7(2)12-13/h11-12H,7-8H2,1-6H3;6,9H,5H2,1-4H3. The molecule has 0 aliphatic rings. The highest BCUT2D eigenvalue weighted by atomic mass is 32.2. The van der Waals surface area contributed by atoms with Gasteiger partial charge in [0.2, 0.25) is 0 Å². The minimum absolute atomic E-state index is 0.249. The minimum Gasteiger partial charge on any atom is -0.465 e. The molecule has 0 saturated heterocycles. The molecular weight excluding hydrogens is 480 g/mol. The van der Waals surface area contributed by atoms with Gasteiger partial charge in [-0.05, 0) is 72.3 Å². The average molecular weight is 521 g/mol. The summed E-state index contributed by atoms with van der Waals surface area (Å²) in [6.07, 6.45) is 1.30. The third-order valence-electron chi connectivity index (χ3n) is 4.66. The first-order valence-corrected chi connectivity index (χ1v) is 13.1. The van der Waals surface area contributed by atoms with Crippen molar-refractivity contribution in [2.75, 3.05) is 6.61 Å². The minimum atomic E-state index is -0.830. The van der Waals surface area contributed by atoms with Crippen molar-refractivity contribution in [3.63, 3.8) is 0 Å². The lowest BCUT2D eigenvalue weighted by Gasteiger charge is -2.22. The second kappa shape index (κ2) is 15.0. The van der Waals surface area contributed by atoms with Gasteiger partial charge in [-0.3, -0.25) is 4.79 Å². The number of carbonyl (C=O) groups excluding carboxylic acids is 1. The Morgan fingerprint density at radius 1 is 1.11 bits per heavy atom. The van der Waals surface area contributed by atoms with E-state index in [1.165, 1.54) is 11.8 Å². The number of carbonyl (C=O) groups is 1. The Kier molecular flexibility index (Phi) is 14.0. The Balaban J connectivity index is 0.000000661. The molecule has 0 N–H and O–H groups in total. The largest absolute Gasteiger partial charge is 0.465 e. The third kappa shape index (κ3) is 12.3. The molecule has 0 bridgehead atoms. The maximum absolute atomic E-state index is 11.5. The number of aryl methyl sites for hydroxylation is 2. The van der Waals surface area contributed by atoms with E-state index in [0.717, 1.165) is 11.4 Å². The molecule has 0 saturated carbocycles. The number of ether oxygens (including phenoxy) is 1. The molecule has 0 amide bonds. The zero-order valence-corrected chi connectivity index (χ0v) is 24.4. The van der Waals surface area contributed by atoms with E-state index in [9.17, 15) is 15.3 Å². The Labute approximate surface area is 220 Å². The van der Waals surface area contributed by atoms with Gasteiger partial charge < -0.3 is 4.74 Å². The van der Waals surface area contributed by atoms with Gasteiger partial charge in [-0.15, -0.1) is 0 Å². The van der Waals surface area contributed by atoms with Crippen LogP contribution in [0.1, 0.15) is 79.6 Å². The van der Waals surface area contributed by atoms with Crippen LogP contribution < -0.4 is 0 Å². The number of esters is 1. The van der Waals surface area contributed by atoms with E-state index >= 15 is 0 Å². The van der Waals surface area contributed by atoms with Crippen LogP contribution in [0.5, 0.6) is 0 Å². The Bertz CT molecular complexity index is 924. The fourth-order valence-corrected chi connectivity index (χ4v) is 4.72. The van der Waals surface area contributed by atoms with Crippen molar-refractivity contribution in [1.29, 1.82) is 10.5 Å². The van der Waals surface area contributed by atoms with Gasteiger partial charge in [-0.2, -0.15) is 25.9 Å². The molecule has 1 aromatic heterocycles. The number of aromatic nitrogens is 2. The summed E-state index contributed by atoms with van der Waals surface area (Å²) in [6, 6.07) is 6.33. The smallest absolute Gasteiger partial charge is 0.319 e. The van der Waals surface area contributed by atoms with Crippen LogP contribution in [-0.2, 0) is 9.53 Å². The SMILES string of the molecule is CC(C)CC(C)(C#N)N=NC(C)(C#N)CC(C)C.CCOC(=O)C(C)SC(=S)n1nc(C)cc1C. The number of azo groups is 1. The van der Waals surface area contributed by atoms with Crippen LogP contribution in [0, 0.1) is 48.3 Å². The van der Waals surface area contributed by atoms with E-state index in [4.69, 9.17) is 17.0 Å². The second-order valence-electron chi connectivity index (χ2n) is 9.78. The van der Waals surface area contributed by atoms with E-state index in [-0.39, 0.29) is 11.2 Å². The van der Waals surface area contributed by atoms with Gasteiger partial charge in [-0.1, -0.05) is 51.7 Å². The Hall–Kier alpha value is -2.30. The molecule has 1 heterocycles. The molecule has 0 aliphatic carbocycles. The fraction of sp³-hybridized carbons (Fsp3) is 0.720. The summed E-state index contributed by atoms with van der Waals surface area (Å²) in [5.41, 5.74) is 0.220. The second-order valence-corrected chi connectivity index (χ2v) is 11.8. The lowest BCUT2D eigenvalue weighted by Crippen LogP contribution is -2.26.